The largest absolute Gasteiger partial charge is 0.480 e. The lowest BCUT2D eigenvalue weighted by Gasteiger charge is -2.13. The Morgan fingerprint density at radius 2 is 1.54 bits per heavy atom. The fraction of sp³-hybridized carbons (Fsp3) is 0.259. The molecule has 0 radical (unpaired) electrons. The first kappa shape index (κ1) is 23.1. The van der Waals surface area contributed by atoms with Crippen molar-refractivity contribution in [2.24, 2.45) is 0 Å². The summed E-state index contributed by atoms with van der Waals surface area (Å²) >= 11 is 0. The molecule has 2 aliphatic rings. The Morgan fingerprint density at radius 3 is 2.31 bits per heavy atom. The first-order chi connectivity index (χ1) is 16.9. The number of hydrogen-bond donors (Lipinski definition) is 2. The fourth-order valence-electron chi connectivity index (χ4n) is 4.63. The molecule has 1 unspecified atom stereocenters. The lowest BCUT2D eigenvalue weighted by molar-refractivity contribution is -0.122. The Balaban J connectivity index is 1.25. The van der Waals surface area contributed by atoms with E-state index in [1.54, 1.807) is 42.5 Å². The second-order valence-corrected chi connectivity index (χ2v) is 11.1. The minimum Gasteiger partial charge on any atom is -0.480 e. The van der Waals surface area contributed by atoms with E-state index < -0.39 is 21.8 Å². The third-order valence-electron chi connectivity index (χ3n) is 6.49. The number of carbonyl (C=O) groups is 2. The van der Waals surface area contributed by atoms with Gasteiger partial charge in [-0.2, -0.15) is 0 Å². The lowest BCUT2D eigenvalue weighted by Crippen LogP contribution is -2.31. The number of sulfone groups is 1. The molecule has 7 nitrogen and oxygen atoms in total. The van der Waals surface area contributed by atoms with Crippen LogP contribution in [0.15, 0.2) is 77.7 Å². The van der Waals surface area contributed by atoms with Crippen LogP contribution in [0.5, 0.6) is 5.75 Å². The molecule has 35 heavy (non-hydrogen) atoms. The first-order valence-electron chi connectivity index (χ1n) is 11.7. The summed E-state index contributed by atoms with van der Waals surface area (Å²) in [6.07, 6.45) is 3.06. The molecular formula is C27H26N2O5S. The minimum atomic E-state index is -3.42. The van der Waals surface area contributed by atoms with Gasteiger partial charge in [-0.25, -0.2) is 8.42 Å². The fourth-order valence-corrected chi connectivity index (χ4v) is 6.53. The van der Waals surface area contributed by atoms with Gasteiger partial charge in [0, 0.05) is 23.4 Å². The highest BCUT2D eigenvalue weighted by molar-refractivity contribution is 7.92. The quantitative estimate of drug-likeness (QED) is 0.526. The van der Waals surface area contributed by atoms with E-state index in [1.807, 2.05) is 24.3 Å². The van der Waals surface area contributed by atoms with Crippen LogP contribution in [0.25, 0.3) is 0 Å². The average molecular weight is 491 g/mol. The molecule has 8 heteroatoms. The van der Waals surface area contributed by atoms with Crippen molar-refractivity contribution in [1.82, 2.24) is 0 Å². The molecule has 1 aliphatic carbocycles. The predicted molar refractivity (Wildman–Crippen MR) is 133 cm³/mol. The van der Waals surface area contributed by atoms with Crippen molar-refractivity contribution in [3.8, 4) is 5.75 Å². The van der Waals surface area contributed by atoms with Gasteiger partial charge in [-0.1, -0.05) is 43.2 Å². The molecule has 1 fully saturated rings. The predicted octanol–water partition coefficient (Wildman–Crippen LogP) is 4.60. The Bertz CT molecular complexity index is 1350. The molecule has 3 aromatic carbocycles. The molecule has 5 rings (SSSR count). The number of rotatable bonds is 6. The van der Waals surface area contributed by atoms with E-state index in [1.165, 1.54) is 6.07 Å². The molecule has 1 heterocycles. The minimum absolute atomic E-state index is 0.223. The second kappa shape index (κ2) is 9.54. The van der Waals surface area contributed by atoms with Crippen LogP contribution in [0.1, 0.15) is 41.6 Å². The standard InChI is InChI=1S/C27H26N2O5S/c30-26(28-21-10-6-13-23(17-21)35(32,33)22-11-2-3-12-22)19-8-5-9-20(15-19)29-27(31)25-16-18-7-1-4-14-24(18)34-25/h1,4-10,13-15,17,22,25H,2-3,11-12,16H2,(H,28,30)(H,29,31). The molecular weight excluding hydrogens is 464 g/mol. The Hall–Kier alpha value is -3.65. The third-order valence-corrected chi connectivity index (χ3v) is 8.75. The first-order valence-corrected chi connectivity index (χ1v) is 13.3. The number of benzene rings is 3. The Morgan fingerprint density at radius 1 is 0.829 bits per heavy atom. The van der Waals surface area contributed by atoms with Crippen molar-refractivity contribution < 1.29 is 22.7 Å². The van der Waals surface area contributed by atoms with Gasteiger partial charge in [0.2, 0.25) is 0 Å². The van der Waals surface area contributed by atoms with E-state index in [-0.39, 0.29) is 16.1 Å². The molecule has 0 spiro atoms. The van der Waals surface area contributed by atoms with E-state index in [0.717, 1.165) is 18.4 Å². The molecule has 2 amide bonds. The van der Waals surface area contributed by atoms with Crippen LogP contribution in [-0.4, -0.2) is 31.6 Å². The van der Waals surface area contributed by atoms with Gasteiger partial charge in [-0.3, -0.25) is 9.59 Å². The Labute approximate surface area is 204 Å². The summed E-state index contributed by atoms with van der Waals surface area (Å²) < 4.78 is 31.5. The average Bonchev–Trinajstić information content (AvgIpc) is 3.55. The maximum atomic E-state index is 12.9. The maximum Gasteiger partial charge on any atom is 0.265 e. The number of ether oxygens (including phenoxy) is 1. The molecule has 1 aliphatic heterocycles. The topological polar surface area (TPSA) is 102 Å². The summed E-state index contributed by atoms with van der Waals surface area (Å²) in [5.74, 6) is 0.0163. The van der Waals surface area contributed by atoms with Crippen LogP contribution in [-0.2, 0) is 21.1 Å². The number of amides is 2. The highest BCUT2D eigenvalue weighted by Crippen LogP contribution is 2.31. The number of fused-ring (bicyclic) bond motifs is 1. The summed E-state index contributed by atoms with van der Waals surface area (Å²) in [4.78, 5) is 25.8. The Kier molecular flexibility index (Phi) is 6.30. The van der Waals surface area contributed by atoms with E-state index >= 15 is 0 Å². The number of nitrogens with one attached hydrogen (secondary N) is 2. The zero-order valence-electron chi connectivity index (χ0n) is 19.1. The zero-order chi connectivity index (χ0) is 24.4. The monoisotopic (exact) mass is 490 g/mol. The summed E-state index contributed by atoms with van der Waals surface area (Å²) in [5.41, 5.74) is 2.20. The van der Waals surface area contributed by atoms with Crippen molar-refractivity contribution >= 4 is 33.0 Å². The van der Waals surface area contributed by atoms with Gasteiger partial charge in [0.1, 0.15) is 5.75 Å². The number of hydrogen-bond acceptors (Lipinski definition) is 5. The van der Waals surface area contributed by atoms with Crippen LogP contribution >= 0.6 is 0 Å². The molecule has 0 saturated heterocycles. The van der Waals surface area contributed by atoms with Crippen LogP contribution in [0.4, 0.5) is 11.4 Å². The highest BCUT2D eigenvalue weighted by Gasteiger charge is 2.31. The number of carbonyl (C=O) groups excluding carboxylic acids is 2. The van der Waals surface area contributed by atoms with Crippen molar-refractivity contribution in [1.29, 1.82) is 0 Å². The van der Waals surface area contributed by atoms with Crippen molar-refractivity contribution in [3.05, 3.63) is 83.9 Å². The van der Waals surface area contributed by atoms with E-state index in [9.17, 15) is 18.0 Å². The molecule has 180 valence electrons. The molecule has 1 saturated carbocycles. The summed E-state index contributed by atoms with van der Waals surface area (Å²) in [7, 11) is -3.42. The summed E-state index contributed by atoms with van der Waals surface area (Å²) in [6, 6.07) is 20.5. The van der Waals surface area contributed by atoms with Gasteiger partial charge in [-0.05, 0) is 60.9 Å². The van der Waals surface area contributed by atoms with Crippen molar-refractivity contribution in [2.45, 2.75) is 48.4 Å². The normalized spacial score (nSPS) is 17.4. The van der Waals surface area contributed by atoms with Gasteiger partial charge < -0.3 is 15.4 Å². The molecule has 0 bridgehead atoms. The van der Waals surface area contributed by atoms with Gasteiger partial charge in [-0.15, -0.1) is 0 Å². The van der Waals surface area contributed by atoms with Gasteiger partial charge in [0.05, 0.1) is 10.1 Å². The van der Waals surface area contributed by atoms with Gasteiger partial charge in [0.25, 0.3) is 11.8 Å². The maximum absolute atomic E-state index is 12.9. The van der Waals surface area contributed by atoms with Crippen LogP contribution < -0.4 is 15.4 Å². The third kappa shape index (κ3) is 4.93. The summed E-state index contributed by atoms with van der Waals surface area (Å²) in [5, 5.41) is 5.23. The lowest BCUT2D eigenvalue weighted by atomic mass is 10.1. The van der Waals surface area contributed by atoms with Gasteiger partial charge in [0.15, 0.2) is 15.9 Å². The van der Waals surface area contributed by atoms with Crippen molar-refractivity contribution in [2.75, 3.05) is 10.6 Å². The highest BCUT2D eigenvalue weighted by atomic mass is 32.2. The summed E-state index contributed by atoms with van der Waals surface area (Å²) in [6.45, 7) is 0. The number of para-hydroxylation sites is 1. The van der Waals surface area contributed by atoms with Crippen LogP contribution in [0, 0.1) is 0 Å². The SMILES string of the molecule is O=C(Nc1cccc(S(=O)(=O)C2CCCC2)c1)c1cccc(NC(=O)C2Cc3ccccc3O2)c1. The van der Waals surface area contributed by atoms with Crippen LogP contribution in [0.2, 0.25) is 0 Å². The molecule has 0 aromatic heterocycles. The van der Waals surface area contributed by atoms with Gasteiger partial charge >= 0.3 is 0 Å². The smallest absolute Gasteiger partial charge is 0.265 e. The van der Waals surface area contributed by atoms with E-state index in [4.69, 9.17) is 4.74 Å². The zero-order valence-corrected chi connectivity index (χ0v) is 19.9. The second-order valence-electron chi connectivity index (χ2n) is 8.92. The molecule has 2 N–H and O–H groups in total. The number of anilines is 2. The van der Waals surface area contributed by atoms with Crippen LogP contribution in [0.3, 0.4) is 0 Å². The van der Waals surface area contributed by atoms with E-state index in [0.29, 0.717) is 42.0 Å². The van der Waals surface area contributed by atoms with Crippen molar-refractivity contribution in [3.63, 3.8) is 0 Å². The van der Waals surface area contributed by atoms with E-state index in [2.05, 4.69) is 10.6 Å². The molecule has 1 atom stereocenters. The molecule has 3 aromatic rings.